The molecule has 6 nitrogen and oxygen atoms in total. The Balaban J connectivity index is 0.000000438. The number of hydrogen-bond donors (Lipinski definition) is 3. The largest absolute Gasteiger partial charge is 0.484 e. The first-order valence-electron chi connectivity index (χ1n) is 9.02. The number of fused-ring (bicyclic) bond motifs is 1. The van der Waals surface area contributed by atoms with E-state index in [1.165, 1.54) is 15.1 Å². The molecule has 1 unspecified atom stereocenters. The highest BCUT2D eigenvalue weighted by Crippen LogP contribution is 2.35. The molecular weight excluding hydrogens is 390 g/mol. The van der Waals surface area contributed by atoms with E-state index >= 15 is 0 Å². The average molecular weight is 416 g/mol. The normalized spacial score (nSPS) is 12.0. The highest BCUT2D eigenvalue weighted by atomic mass is 32.1. The van der Waals surface area contributed by atoms with Gasteiger partial charge in [0.2, 0.25) is 0 Å². The predicted molar refractivity (Wildman–Crippen MR) is 115 cm³/mol. The Hall–Kier alpha value is -2.90. The third-order valence-corrected chi connectivity index (χ3v) is 5.08. The molecule has 3 rings (SSSR count). The summed E-state index contributed by atoms with van der Waals surface area (Å²) in [5, 5.41) is 17.1. The number of carboxylic acid groups (broad SMARTS) is 2. The van der Waals surface area contributed by atoms with E-state index in [2.05, 4.69) is 43.3 Å². The van der Waals surface area contributed by atoms with Gasteiger partial charge >= 0.3 is 11.9 Å². The smallest absolute Gasteiger partial charge is 0.414 e. The molecule has 4 N–H and O–H groups in total. The van der Waals surface area contributed by atoms with Crippen molar-refractivity contribution in [1.29, 1.82) is 0 Å². The SMILES string of the molecule is Cc1ccc(C(CC(C)(C)N)Oc2cccc3ccccc23)s1.O=C(O)C(=O)O. The second kappa shape index (κ2) is 9.54. The molecular formula is C22H25NO5S. The summed E-state index contributed by atoms with van der Waals surface area (Å²) in [5.74, 6) is -2.73. The molecule has 2 aromatic carbocycles. The first-order valence-corrected chi connectivity index (χ1v) is 9.84. The number of nitrogens with two attached hydrogens (primary N) is 1. The molecule has 0 spiro atoms. The van der Waals surface area contributed by atoms with Crippen LogP contribution in [0.2, 0.25) is 0 Å². The quantitative estimate of drug-likeness (QED) is 0.525. The van der Waals surface area contributed by atoms with E-state index in [0.717, 1.165) is 17.6 Å². The van der Waals surface area contributed by atoms with Gasteiger partial charge < -0.3 is 20.7 Å². The Morgan fingerprint density at radius 3 is 2.21 bits per heavy atom. The van der Waals surface area contributed by atoms with Gasteiger partial charge in [-0.1, -0.05) is 36.4 Å². The maximum Gasteiger partial charge on any atom is 0.414 e. The van der Waals surface area contributed by atoms with E-state index in [9.17, 15) is 0 Å². The molecule has 0 saturated heterocycles. The Kier molecular flexibility index (Phi) is 7.36. The van der Waals surface area contributed by atoms with E-state index < -0.39 is 11.9 Å². The highest BCUT2D eigenvalue weighted by Gasteiger charge is 2.24. The summed E-state index contributed by atoms with van der Waals surface area (Å²) in [6, 6.07) is 18.8. The number of rotatable bonds is 5. The van der Waals surface area contributed by atoms with Crippen LogP contribution in [-0.4, -0.2) is 27.7 Å². The molecule has 0 aliphatic heterocycles. The lowest BCUT2D eigenvalue weighted by Gasteiger charge is -2.26. The number of carboxylic acids is 2. The average Bonchev–Trinajstić information content (AvgIpc) is 3.07. The maximum atomic E-state index is 9.10. The summed E-state index contributed by atoms with van der Waals surface area (Å²) in [5.41, 5.74) is 5.99. The fraction of sp³-hybridized carbons (Fsp3) is 0.273. The third kappa shape index (κ3) is 6.89. The van der Waals surface area contributed by atoms with Gasteiger partial charge in [-0.3, -0.25) is 0 Å². The highest BCUT2D eigenvalue weighted by molar-refractivity contribution is 7.12. The minimum Gasteiger partial charge on any atom is -0.484 e. The maximum absolute atomic E-state index is 9.10. The number of thiophene rings is 1. The molecule has 3 aromatic rings. The molecule has 0 bridgehead atoms. The number of hydrogen-bond acceptors (Lipinski definition) is 5. The lowest BCUT2D eigenvalue weighted by molar-refractivity contribution is -0.159. The van der Waals surface area contributed by atoms with Crippen molar-refractivity contribution in [3.63, 3.8) is 0 Å². The number of ether oxygens (including phenoxy) is 1. The van der Waals surface area contributed by atoms with E-state index in [1.807, 2.05) is 32.0 Å². The van der Waals surface area contributed by atoms with Crippen LogP contribution < -0.4 is 10.5 Å². The van der Waals surface area contributed by atoms with Crippen molar-refractivity contribution < 1.29 is 24.5 Å². The summed E-state index contributed by atoms with van der Waals surface area (Å²) >= 11 is 1.78. The lowest BCUT2D eigenvalue weighted by atomic mass is 9.97. The van der Waals surface area contributed by atoms with Crippen LogP contribution in [0, 0.1) is 6.92 Å². The third-order valence-electron chi connectivity index (χ3n) is 3.99. The fourth-order valence-electron chi connectivity index (χ4n) is 2.76. The van der Waals surface area contributed by atoms with Gasteiger partial charge in [0.25, 0.3) is 0 Å². The van der Waals surface area contributed by atoms with Gasteiger partial charge in [0, 0.05) is 27.1 Å². The van der Waals surface area contributed by atoms with Gasteiger partial charge in [-0.25, -0.2) is 9.59 Å². The van der Waals surface area contributed by atoms with Crippen molar-refractivity contribution in [2.45, 2.75) is 38.8 Å². The number of aryl methyl sites for hydroxylation is 1. The molecule has 0 saturated carbocycles. The Morgan fingerprint density at radius 1 is 1.03 bits per heavy atom. The van der Waals surface area contributed by atoms with Crippen molar-refractivity contribution in [1.82, 2.24) is 0 Å². The summed E-state index contributed by atoms with van der Waals surface area (Å²) in [7, 11) is 0. The first kappa shape index (κ1) is 22.4. The van der Waals surface area contributed by atoms with Crippen LogP contribution in [-0.2, 0) is 9.59 Å². The molecule has 0 aliphatic carbocycles. The first-order chi connectivity index (χ1) is 13.6. The topological polar surface area (TPSA) is 110 Å². The second-order valence-electron chi connectivity index (χ2n) is 7.34. The van der Waals surface area contributed by atoms with E-state index in [-0.39, 0.29) is 11.6 Å². The summed E-state index contributed by atoms with van der Waals surface area (Å²) in [4.78, 5) is 20.7. The molecule has 0 fully saturated rings. The van der Waals surface area contributed by atoms with Crippen LogP contribution in [0.4, 0.5) is 0 Å². The summed E-state index contributed by atoms with van der Waals surface area (Å²) in [6.45, 7) is 6.22. The molecule has 1 heterocycles. The molecule has 7 heteroatoms. The van der Waals surface area contributed by atoms with Crippen LogP contribution >= 0.6 is 11.3 Å². The van der Waals surface area contributed by atoms with E-state index in [1.54, 1.807) is 11.3 Å². The van der Waals surface area contributed by atoms with Crippen LogP contribution in [0.15, 0.2) is 54.6 Å². The number of benzene rings is 2. The Bertz CT molecular complexity index is 973. The lowest BCUT2D eigenvalue weighted by Crippen LogP contribution is -2.35. The van der Waals surface area contributed by atoms with Gasteiger partial charge in [0.15, 0.2) is 0 Å². The Morgan fingerprint density at radius 2 is 1.66 bits per heavy atom. The summed E-state index contributed by atoms with van der Waals surface area (Å²) in [6.07, 6.45) is 0.746. The minimum atomic E-state index is -1.82. The van der Waals surface area contributed by atoms with Crippen LogP contribution in [0.5, 0.6) is 5.75 Å². The predicted octanol–water partition coefficient (Wildman–Crippen LogP) is 4.61. The zero-order valence-corrected chi connectivity index (χ0v) is 17.4. The standard InChI is InChI=1S/C20H23NOS.C2H2O4/c1-14-11-12-19(23-14)18(13-20(2,3)21)22-17-10-6-8-15-7-4-5-9-16(15)17;3-1(4)2(5)6/h4-12,18H,13,21H2,1-3H3;(H,3,4)(H,5,6). The van der Waals surface area contributed by atoms with Gasteiger partial charge in [-0.05, 0) is 44.4 Å². The molecule has 0 aliphatic rings. The van der Waals surface area contributed by atoms with Crippen molar-refractivity contribution in [3.05, 3.63) is 64.4 Å². The zero-order valence-electron chi connectivity index (χ0n) is 16.6. The van der Waals surface area contributed by atoms with E-state index in [0.29, 0.717) is 0 Å². The molecule has 154 valence electrons. The molecule has 1 aromatic heterocycles. The molecule has 0 radical (unpaired) electrons. The van der Waals surface area contributed by atoms with Crippen LogP contribution in [0.25, 0.3) is 10.8 Å². The van der Waals surface area contributed by atoms with Crippen LogP contribution in [0.3, 0.4) is 0 Å². The van der Waals surface area contributed by atoms with E-state index in [4.69, 9.17) is 30.3 Å². The Labute approximate surface area is 173 Å². The van der Waals surface area contributed by atoms with Gasteiger partial charge in [0.1, 0.15) is 11.9 Å². The molecule has 29 heavy (non-hydrogen) atoms. The van der Waals surface area contributed by atoms with Crippen molar-refractivity contribution in [2.24, 2.45) is 5.73 Å². The van der Waals surface area contributed by atoms with Gasteiger partial charge in [0.05, 0.1) is 0 Å². The van der Waals surface area contributed by atoms with Crippen molar-refractivity contribution in [3.8, 4) is 5.75 Å². The minimum absolute atomic E-state index is 0.0282. The zero-order chi connectivity index (χ0) is 21.6. The van der Waals surface area contributed by atoms with Gasteiger partial charge in [-0.2, -0.15) is 0 Å². The molecule has 1 atom stereocenters. The summed E-state index contributed by atoms with van der Waals surface area (Å²) < 4.78 is 6.43. The number of aliphatic carboxylic acids is 2. The van der Waals surface area contributed by atoms with Crippen molar-refractivity contribution >= 4 is 34.0 Å². The molecule has 0 amide bonds. The van der Waals surface area contributed by atoms with Gasteiger partial charge in [-0.15, -0.1) is 11.3 Å². The second-order valence-corrected chi connectivity index (χ2v) is 8.65. The number of carbonyl (C=O) groups is 2. The fourth-order valence-corrected chi connectivity index (χ4v) is 3.66. The van der Waals surface area contributed by atoms with Crippen molar-refractivity contribution in [2.75, 3.05) is 0 Å². The van der Waals surface area contributed by atoms with Crippen LogP contribution in [0.1, 0.15) is 36.1 Å². The monoisotopic (exact) mass is 415 g/mol.